The number of rotatable bonds is 5. The smallest absolute Gasteiger partial charge is 0.0478 e. The molecule has 0 fully saturated rings. The predicted octanol–water partition coefficient (Wildman–Crippen LogP) is 3.91. The number of nitrogens with one attached hydrogen (secondary N) is 1. The molecule has 0 aliphatic rings. The van der Waals surface area contributed by atoms with E-state index in [1.165, 1.54) is 5.56 Å². The number of halogens is 1. The molecule has 3 N–H and O–H groups in total. The van der Waals surface area contributed by atoms with Gasteiger partial charge in [0, 0.05) is 18.3 Å². The molecule has 2 aromatic rings. The maximum Gasteiger partial charge on any atom is 0.0478 e. The van der Waals surface area contributed by atoms with Crippen LogP contribution < -0.4 is 11.1 Å². The van der Waals surface area contributed by atoms with E-state index in [0.717, 1.165) is 17.8 Å². The van der Waals surface area contributed by atoms with Gasteiger partial charge in [0.2, 0.25) is 0 Å². The molecule has 2 aromatic carbocycles. The van der Waals surface area contributed by atoms with E-state index in [-0.39, 0.29) is 18.4 Å². The van der Waals surface area contributed by atoms with Gasteiger partial charge in [0.15, 0.2) is 0 Å². The minimum Gasteiger partial charge on any atom is -0.381 e. The van der Waals surface area contributed by atoms with Gasteiger partial charge in [-0.2, -0.15) is 0 Å². The summed E-state index contributed by atoms with van der Waals surface area (Å²) in [7, 11) is 0. The Morgan fingerprint density at radius 2 is 1.68 bits per heavy atom. The lowest BCUT2D eigenvalue weighted by atomic mass is 10.1. The molecule has 2 rings (SSSR count). The van der Waals surface area contributed by atoms with Gasteiger partial charge in [0.05, 0.1) is 0 Å². The zero-order valence-corrected chi connectivity index (χ0v) is 11.6. The second-order valence-electron chi connectivity index (χ2n) is 4.22. The molecule has 0 unspecified atom stereocenters. The summed E-state index contributed by atoms with van der Waals surface area (Å²) in [6.45, 7) is 4.52. The summed E-state index contributed by atoms with van der Waals surface area (Å²) in [5, 5.41) is 3.38. The molecule has 0 heterocycles. The van der Waals surface area contributed by atoms with Crippen molar-refractivity contribution in [1.82, 2.24) is 0 Å². The maximum atomic E-state index is 5.87. The second kappa shape index (κ2) is 7.62. The van der Waals surface area contributed by atoms with Crippen molar-refractivity contribution in [2.45, 2.75) is 12.6 Å². The number of anilines is 1. The summed E-state index contributed by atoms with van der Waals surface area (Å²) >= 11 is 0. The van der Waals surface area contributed by atoms with Crippen LogP contribution in [0.25, 0.3) is 0 Å². The maximum absolute atomic E-state index is 5.87. The van der Waals surface area contributed by atoms with Gasteiger partial charge in [-0.3, -0.25) is 0 Å². The highest BCUT2D eigenvalue weighted by atomic mass is 35.5. The predicted molar refractivity (Wildman–Crippen MR) is 84.6 cm³/mol. The lowest BCUT2D eigenvalue weighted by Crippen LogP contribution is -2.06. The first-order valence-corrected chi connectivity index (χ1v) is 6.05. The molecule has 0 radical (unpaired) electrons. The SMILES string of the molecule is C=C[C@@H](N)c1ccc(NCc2ccccc2)cc1.Cl. The Kier molecular flexibility index (Phi) is 6.13. The van der Waals surface area contributed by atoms with Crippen molar-refractivity contribution in [3.8, 4) is 0 Å². The van der Waals surface area contributed by atoms with E-state index in [0.29, 0.717) is 0 Å². The molecular weight excluding hydrogens is 256 g/mol. The molecule has 0 saturated heterocycles. The van der Waals surface area contributed by atoms with Gasteiger partial charge in [-0.25, -0.2) is 0 Å². The van der Waals surface area contributed by atoms with Crippen LogP contribution in [0, 0.1) is 0 Å². The average Bonchev–Trinajstić information content (AvgIpc) is 2.46. The molecule has 0 aliphatic carbocycles. The Morgan fingerprint density at radius 3 is 2.26 bits per heavy atom. The zero-order valence-electron chi connectivity index (χ0n) is 10.8. The van der Waals surface area contributed by atoms with Crippen LogP contribution in [-0.4, -0.2) is 0 Å². The first kappa shape index (κ1) is 15.3. The van der Waals surface area contributed by atoms with Crippen molar-refractivity contribution in [1.29, 1.82) is 0 Å². The van der Waals surface area contributed by atoms with Crippen molar-refractivity contribution >= 4 is 18.1 Å². The van der Waals surface area contributed by atoms with Gasteiger partial charge in [0.25, 0.3) is 0 Å². The van der Waals surface area contributed by atoms with Gasteiger partial charge in [-0.15, -0.1) is 19.0 Å². The Bertz CT molecular complexity index is 494. The first-order chi connectivity index (χ1) is 8.79. The van der Waals surface area contributed by atoms with Crippen LogP contribution in [0.5, 0.6) is 0 Å². The minimum absolute atomic E-state index is 0. The van der Waals surface area contributed by atoms with Crippen LogP contribution in [0.1, 0.15) is 17.2 Å². The van der Waals surface area contributed by atoms with Gasteiger partial charge in [-0.05, 0) is 23.3 Å². The van der Waals surface area contributed by atoms with E-state index in [2.05, 4.69) is 24.0 Å². The number of benzene rings is 2. The van der Waals surface area contributed by atoms with Gasteiger partial charge >= 0.3 is 0 Å². The fourth-order valence-corrected chi connectivity index (χ4v) is 1.76. The Morgan fingerprint density at radius 1 is 1.05 bits per heavy atom. The van der Waals surface area contributed by atoms with Crippen molar-refractivity contribution in [3.05, 3.63) is 78.4 Å². The third-order valence-electron chi connectivity index (χ3n) is 2.89. The van der Waals surface area contributed by atoms with E-state index in [9.17, 15) is 0 Å². The lowest BCUT2D eigenvalue weighted by Gasteiger charge is -2.09. The monoisotopic (exact) mass is 274 g/mol. The Labute approximate surface area is 120 Å². The third-order valence-corrected chi connectivity index (χ3v) is 2.89. The molecule has 100 valence electrons. The minimum atomic E-state index is -0.0897. The largest absolute Gasteiger partial charge is 0.381 e. The quantitative estimate of drug-likeness (QED) is 0.812. The summed E-state index contributed by atoms with van der Waals surface area (Å²) in [5.74, 6) is 0. The Hall–Kier alpha value is -1.77. The molecule has 0 aromatic heterocycles. The van der Waals surface area contributed by atoms with E-state index in [1.54, 1.807) is 6.08 Å². The summed E-state index contributed by atoms with van der Waals surface area (Å²) in [4.78, 5) is 0. The van der Waals surface area contributed by atoms with E-state index >= 15 is 0 Å². The van der Waals surface area contributed by atoms with Gasteiger partial charge < -0.3 is 11.1 Å². The van der Waals surface area contributed by atoms with Crippen molar-refractivity contribution in [3.63, 3.8) is 0 Å². The zero-order chi connectivity index (χ0) is 12.8. The summed E-state index contributed by atoms with van der Waals surface area (Å²) in [6, 6.07) is 18.4. The number of hydrogen-bond acceptors (Lipinski definition) is 2. The highest BCUT2D eigenvalue weighted by molar-refractivity contribution is 5.85. The summed E-state index contributed by atoms with van der Waals surface area (Å²) < 4.78 is 0. The van der Waals surface area contributed by atoms with Crippen molar-refractivity contribution < 1.29 is 0 Å². The molecule has 0 aliphatic heterocycles. The van der Waals surface area contributed by atoms with E-state index in [4.69, 9.17) is 5.73 Å². The molecule has 0 spiro atoms. The fraction of sp³-hybridized carbons (Fsp3) is 0.125. The van der Waals surface area contributed by atoms with Crippen LogP contribution in [0.3, 0.4) is 0 Å². The molecule has 2 nitrogen and oxygen atoms in total. The normalized spacial score (nSPS) is 11.2. The van der Waals surface area contributed by atoms with Crippen LogP contribution >= 0.6 is 12.4 Å². The molecule has 0 saturated carbocycles. The molecule has 1 atom stereocenters. The third kappa shape index (κ3) is 4.43. The molecule has 3 heteroatoms. The molecule has 0 bridgehead atoms. The van der Waals surface area contributed by atoms with Gasteiger partial charge in [-0.1, -0.05) is 48.5 Å². The molecule has 19 heavy (non-hydrogen) atoms. The fourth-order valence-electron chi connectivity index (χ4n) is 1.76. The summed E-state index contributed by atoms with van der Waals surface area (Å²) in [6.07, 6.45) is 1.74. The molecule has 0 amide bonds. The molecular formula is C16H19ClN2. The second-order valence-corrected chi connectivity index (χ2v) is 4.22. The van der Waals surface area contributed by atoms with Crippen LogP contribution in [0.15, 0.2) is 67.3 Å². The van der Waals surface area contributed by atoms with Crippen molar-refractivity contribution in [2.24, 2.45) is 5.73 Å². The van der Waals surface area contributed by atoms with Crippen LogP contribution in [0.4, 0.5) is 5.69 Å². The first-order valence-electron chi connectivity index (χ1n) is 6.05. The Balaban J connectivity index is 0.00000180. The number of nitrogens with two attached hydrogens (primary N) is 1. The van der Waals surface area contributed by atoms with E-state index in [1.807, 2.05) is 42.5 Å². The highest BCUT2D eigenvalue weighted by Gasteiger charge is 2.00. The van der Waals surface area contributed by atoms with Gasteiger partial charge in [0.1, 0.15) is 0 Å². The average molecular weight is 275 g/mol. The van der Waals surface area contributed by atoms with Crippen LogP contribution in [0.2, 0.25) is 0 Å². The number of hydrogen-bond donors (Lipinski definition) is 2. The van der Waals surface area contributed by atoms with E-state index < -0.39 is 0 Å². The lowest BCUT2D eigenvalue weighted by molar-refractivity contribution is 0.914. The standard InChI is InChI=1S/C16H18N2.ClH/c1-2-16(17)14-8-10-15(11-9-14)18-12-13-6-4-3-5-7-13;/h2-11,16,18H,1,12,17H2;1H/t16-;/m1./s1. The van der Waals surface area contributed by atoms with Crippen molar-refractivity contribution in [2.75, 3.05) is 5.32 Å². The van der Waals surface area contributed by atoms with Crippen LogP contribution in [-0.2, 0) is 6.54 Å². The highest BCUT2D eigenvalue weighted by Crippen LogP contribution is 2.15. The topological polar surface area (TPSA) is 38.0 Å². The summed E-state index contributed by atoms with van der Waals surface area (Å²) in [5.41, 5.74) is 9.31.